The Morgan fingerprint density at radius 1 is 1.24 bits per heavy atom. The van der Waals surface area contributed by atoms with Crippen molar-refractivity contribution in [2.75, 3.05) is 16.1 Å². The molecule has 1 aromatic carbocycles. The van der Waals surface area contributed by atoms with Gasteiger partial charge in [-0.1, -0.05) is 29.8 Å². The van der Waals surface area contributed by atoms with E-state index in [9.17, 15) is 27.3 Å². The van der Waals surface area contributed by atoms with Crippen LogP contribution in [0.4, 0.5) is 24.7 Å². The first-order valence-electron chi connectivity index (χ1n) is 12.4. The molecular weight excluding hydrogens is 580 g/mol. The van der Waals surface area contributed by atoms with E-state index in [2.05, 4.69) is 15.3 Å². The summed E-state index contributed by atoms with van der Waals surface area (Å²) in [6, 6.07) is 10.8. The summed E-state index contributed by atoms with van der Waals surface area (Å²) in [4.78, 5) is 33.6. The van der Waals surface area contributed by atoms with Gasteiger partial charge in [-0.05, 0) is 24.6 Å². The van der Waals surface area contributed by atoms with E-state index in [-0.39, 0.29) is 16.6 Å². The monoisotopic (exact) mass is 602 g/mol. The zero-order valence-electron chi connectivity index (χ0n) is 21.4. The average molecular weight is 603 g/mol. The molecule has 3 heterocycles. The van der Waals surface area contributed by atoms with Crippen LogP contribution in [0.2, 0.25) is 5.02 Å². The van der Waals surface area contributed by atoms with Gasteiger partial charge in [-0.25, -0.2) is 22.7 Å². The minimum atomic E-state index is -2.80. The smallest absolute Gasteiger partial charge is 0.283 e. The molecule has 3 aromatic rings. The number of nitrogens with zero attached hydrogens (tertiary/aromatic N) is 5. The third kappa shape index (κ3) is 7.37. The van der Waals surface area contributed by atoms with Crippen LogP contribution in [0.3, 0.4) is 0 Å². The Kier molecular flexibility index (Phi) is 9.53. The van der Waals surface area contributed by atoms with Gasteiger partial charge in [-0.15, -0.1) is 0 Å². The van der Waals surface area contributed by atoms with E-state index in [1.807, 2.05) is 6.07 Å². The van der Waals surface area contributed by atoms with Gasteiger partial charge < -0.3 is 5.32 Å². The van der Waals surface area contributed by atoms with Gasteiger partial charge in [0.15, 0.2) is 0 Å². The quantitative estimate of drug-likeness (QED) is 0.349. The van der Waals surface area contributed by atoms with E-state index in [1.165, 1.54) is 6.20 Å². The molecular formula is C27H23ClF3N6O3P. The highest BCUT2D eigenvalue weighted by molar-refractivity contribution is 7.26. The zero-order chi connectivity index (χ0) is 29.6. The Morgan fingerprint density at radius 2 is 2.00 bits per heavy atom. The van der Waals surface area contributed by atoms with E-state index in [4.69, 9.17) is 16.9 Å². The first kappa shape index (κ1) is 29.9. The number of nitriles is 1. The lowest BCUT2D eigenvalue weighted by atomic mass is 9.88. The summed E-state index contributed by atoms with van der Waals surface area (Å²) in [5.74, 6) is -3.48. The predicted octanol–water partition coefficient (Wildman–Crippen LogP) is 5.62. The Labute approximate surface area is 240 Å². The SMILES string of the molecule is N#Cc1ccnc(N2CCCC2=O)c1.O=PN(c1cncc(F)c1)[C@H](C(=O)NC1CC(F)(F)C1)c1ccccc1Cl. The Balaban J connectivity index is 0.000000231. The lowest BCUT2D eigenvalue weighted by Gasteiger charge is -2.37. The van der Waals surface area contributed by atoms with Crippen molar-refractivity contribution in [2.24, 2.45) is 0 Å². The van der Waals surface area contributed by atoms with Crippen LogP contribution >= 0.6 is 20.2 Å². The maximum atomic E-state index is 13.6. The number of nitrogens with one attached hydrogen (secondary N) is 1. The number of carbonyl (C=O) groups is 2. The molecule has 0 bridgehead atoms. The van der Waals surface area contributed by atoms with Crippen molar-refractivity contribution < 1.29 is 27.3 Å². The Morgan fingerprint density at radius 3 is 2.61 bits per heavy atom. The van der Waals surface area contributed by atoms with Gasteiger partial charge in [0.2, 0.25) is 11.8 Å². The molecule has 9 nitrogen and oxygen atoms in total. The summed E-state index contributed by atoms with van der Waals surface area (Å²) in [5.41, 5.74) is 0.913. The first-order chi connectivity index (χ1) is 19.6. The van der Waals surface area contributed by atoms with Gasteiger partial charge in [0.05, 0.1) is 29.7 Å². The molecule has 212 valence electrons. The number of hydrogen-bond acceptors (Lipinski definition) is 6. The van der Waals surface area contributed by atoms with Gasteiger partial charge in [0, 0.05) is 54.7 Å². The molecule has 2 aliphatic rings. The molecule has 41 heavy (non-hydrogen) atoms. The molecule has 1 atom stereocenters. The number of alkyl halides is 2. The summed E-state index contributed by atoms with van der Waals surface area (Å²) in [5, 5.41) is 11.4. The topological polar surface area (TPSA) is 119 Å². The zero-order valence-corrected chi connectivity index (χ0v) is 23.0. The van der Waals surface area contributed by atoms with Gasteiger partial charge >= 0.3 is 0 Å². The van der Waals surface area contributed by atoms with Crippen molar-refractivity contribution in [1.82, 2.24) is 15.3 Å². The largest absolute Gasteiger partial charge is 0.351 e. The highest BCUT2D eigenvalue weighted by Crippen LogP contribution is 2.40. The molecule has 2 aromatic heterocycles. The standard InChI is InChI=1S/C17H14ClF3N3O2P.C10H9N3O/c18-14-4-2-1-3-13(14)15(16(25)23-11-6-17(20,21)7-11)24(27-26)12-5-10(19)8-22-9-12;11-7-8-3-4-12-9(6-8)13-5-1-2-10(13)14/h1-5,8-9,11,15H,6-7H2,(H,23,25);3-4,6H,1-2,5H2/t15-;/m0./s1. The van der Waals surface area contributed by atoms with E-state index in [0.717, 1.165) is 23.4 Å². The van der Waals surface area contributed by atoms with Crippen molar-refractivity contribution in [2.45, 2.75) is 43.7 Å². The first-order valence-corrected chi connectivity index (χ1v) is 13.6. The van der Waals surface area contributed by atoms with Crippen molar-refractivity contribution in [3.63, 3.8) is 0 Å². The predicted molar refractivity (Wildman–Crippen MR) is 145 cm³/mol. The van der Waals surface area contributed by atoms with Crippen LogP contribution in [-0.4, -0.2) is 40.3 Å². The van der Waals surface area contributed by atoms with Crippen LogP contribution in [0.25, 0.3) is 0 Å². The van der Waals surface area contributed by atoms with Crippen LogP contribution in [-0.2, 0) is 14.2 Å². The molecule has 1 aliphatic carbocycles. The molecule has 0 radical (unpaired) electrons. The molecule has 1 saturated carbocycles. The summed E-state index contributed by atoms with van der Waals surface area (Å²) in [6.07, 6.45) is 4.28. The Bertz CT molecular complexity index is 1480. The number of carbonyl (C=O) groups excluding carboxylic acids is 2. The van der Waals surface area contributed by atoms with Crippen LogP contribution < -0.4 is 14.9 Å². The van der Waals surface area contributed by atoms with Crippen molar-refractivity contribution in [3.05, 3.63) is 83.0 Å². The summed E-state index contributed by atoms with van der Waals surface area (Å²) in [6.45, 7) is 0.709. The maximum Gasteiger partial charge on any atom is 0.283 e. The molecule has 1 aliphatic heterocycles. The fraction of sp³-hybridized carbons (Fsp3) is 0.296. The minimum Gasteiger partial charge on any atom is -0.351 e. The molecule has 0 spiro atoms. The lowest BCUT2D eigenvalue weighted by Crippen LogP contribution is -2.52. The van der Waals surface area contributed by atoms with Gasteiger partial charge in [0.25, 0.3) is 14.5 Å². The third-order valence-electron chi connectivity index (χ3n) is 6.40. The second kappa shape index (κ2) is 13.1. The number of amides is 2. The van der Waals surface area contributed by atoms with Gasteiger partial charge in [-0.3, -0.25) is 24.1 Å². The normalized spacial score (nSPS) is 16.7. The van der Waals surface area contributed by atoms with Gasteiger partial charge in [-0.2, -0.15) is 5.26 Å². The van der Waals surface area contributed by atoms with E-state index in [1.54, 1.807) is 47.5 Å². The number of benzene rings is 1. The summed E-state index contributed by atoms with van der Waals surface area (Å²) in [7, 11) is -0.618. The molecule has 0 unspecified atom stereocenters. The number of rotatable bonds is 7. The average Bonchev–Trinajstić information content (AvgIpc) is 3.37. The fourth-order valence-electron chi connectivity index (χ4n) is 4.42. The van der Waals surface area contributed by atoms with Crippen LogP contribution in [0, 0.1) is 17.1 Å². The van der Waals surface area contributed by atoms with Crippen LogP contribution in [0.5, 0.6) is 0 Å². The second-order valence-corrected chi connectivity index (χ2v) is 10.3. The van der Waals surface area contributed by atoms with Crippen molar-refractivity contribution >= 4 is 43.5 Å². The van der Waals surface area contributed by atoms with Gasteiger partial charge in [0.1, 0.15) is 17.7 Å². The minimum absolute atomic E-state index is 0.0747. The summed E-state index contributed by atoms with van der Waals surface area (Å²) >= 11 is 6.19. The molecule has 5 rings (SSSR count). The maximum absolute atomic E-state index is 13.6. The van der Waals surface area contributed by atoms with Crippen molar-refractivity contribution in [1.29, 1.82) is 5.26 Å². The van der Waals surface area contributed by atoms with E-state index in [0.29, 0.717) is 29.9 Å². The van der Waals surface area contributed by atoms with Crippen LogP contribution in [0.15, 0.2) is 61.1 Å². The third-order valence-corrected chi connectivity index (χ3v) is 7.38. The molecule has 2 fully saturated rings. The molecule has 1 saturated heterocycles. The van der Waals surface area contributed by atoms with Crippen molar-refractivity contribution in [3.8, 4) is 6.07 Å². The highest BCUT2D eigenvalue weighted by atomic mass is 35.5. The highest BCUT2D eigenvalue weighted by Gasteiger charge is 2.47. The van der Waals surface area contributed by atoms with Crippen LogP contribution in [0.1, 0.15) is 42.9 Å². The second-order valence-electron chi connectivity index (χ2n) is 9.34. The Hall–Kier alpha value is -4.07. The van der Waals surface area contributed by atoms with E-state index < -0.39 is 51.2 Å². The fourth-order valence-corrected chi connectivity index (χ4v) is 5.19. The number of anilines is 2. The molecule has 14 heteroatoms. The molecule has 2 amide bonds. The number of hydrogen-bond donors (Lipinski definition) is 1. The lowest BCUT2D eigenvalue weighted by molar-refractivity contribution is -0.130. The molecule has 1 N–H and O–H groups in total. The number of pyridine rings is 2. The number of halogens is 4. The van der Waals surface area contributed by atoms with E-state index >= 15 is 0 Å². The summed E-state index contributed by atoms with van der Waals surface area (Å²) < 4.78 is 52.6. The number of aromatic nitrogens is 2.